The monoisotopic (exact) mass is 294 g/mol. The molecular weight excluding hydrogens is 280 g/mol. The number of aromatic nitrogens is 3. The number of ether oxygens (including phenoxy) is 1. The van der Waals surface area contributed by atoms with Gasteiger partial charge in [-0.25, -0.2) is 0 Å². The predicted molar refractivity (Wildman–Crippen MR) is 73.9 cm³/mol. The number of hydrogen-bond acceptors (Lipinski definition) is 6. The topological polar surface area (TPSA) is 64.3 Å². The van der Waals surface area contributed by atoms with Crippen LogP contribution in [0, 0.1) is 0 Å². The molecule has 0 aliphatic carbocycles. The molecule has 0 saturated carbocycles. The highest BCUT2D eigenvalue weighted by atomic mass is 35.5. The van der Waals surface area contributed by atoms with Crippen LogP contribution in [0.25, 0.3) is 0 Å². The zero-order chi connectivity index (χ0) is 13.8. The minimum atomic E-state index is 0.148. The number of hydrogen-bond donors (Lipinski definition) is 0. The summed E-state index contributed by atoms with van der Waals surface area (Å²) in [4.78, 5) is 14.6. The smallest absolute Gasteiger partial charge is 0.323 e. The van der Waals surface area contributed by atoms with Crippen LogP contribution in [-0.2, 0) is 6.61 Å². The number of furan rings is 1. The third kappa shape index (κ3) is 3.19. The lowest BCUT2D eigenvalue weighted by atomic mass is 10.1. The molecule has 2 aromatic heterocycles. The Labute approximate surface area is 121 Å². The van der Waals surface area contributed by atoms with Gasteiger partial charge in [0.1, 0.15) is 12.4 Å². The van der Waals surface area contributed by atoms with Crippen LogP contribution >= 0.6 is 11.6 Å². The highest BCUT2D eigenvalue weighted by Crippen LogP contribution is 2.19. The molecule has 1 aliphatic rings. The average molecular weight is 295 g/mol. The summed E-state index contributed by atoms with van der Waals surface area (Å²) in [7, 11) is 0. The Morgan fingerprint density at radius 2 is 2.05 bits per heavy atom. The van der Waals surface area contributed by atoms with Gasteiger partial charge in [0, 0.05) is 13.1 Å². The maximum Gasteiger partial charge on any atom is 0.323 e. The van der Waals surface area contributed by atoms with Crippen LogP contribution in [0.5, 0.6) is 6.01 Å². The molecule has 6 nitrogen and oxygen atoms in total. The van der Waals surface area contributed by atoms with Crippen molar-refractivity contribution in [3.8, 4) is 6.01 Å². The van der Waals surface area contributed by atoms with Crippen molar-refractivity contribution in [3.63, 3.8) is 0 Å². The second-order valence-corrected chi connectivity index (χ2v) is 4.94. The summed E-state index contributed by atoms with van der Waals surface area (Å²) in [6, 6.07) is 3.86. The van der Waals surface area contributed by atoms with E-state index in [1.54, 1.807) is 12.3 Å². The molecule has 1 saturated heterocycles. The molecule has 0 radical (unpaired) electrons. The fourth-order valence-corrected chi connectivity index (χ4v) is 2.30. The van der Waals surface area contributed by atoms with Crippen LogP contribution < -0.4 is 9.64 Å². The van der Waals surface area contributed by atoms with Gasteiger partial charge in [0.15, 0.2) is 0 Å². The van der Waals surface area contributed by atoms with E-state index in [9.17, 15) is 0 Å². The van der Waals surface area contributed by atoms with Crippen molar-refractivity contribution in [3.05, 3.63) is 29.4 Å². The number of rotatable bonds is 4. The first-order chi connectivity index (χ1) is 9.81. The molecule has 20 heavy (non-hydrogen) atoms. The highest BCUT2D eigenvalue weighted by molar-refractivity contribution is 6.28. The zero-order valence-electron chi connectivity index (χ0n) is 11.0. The Bertz CT molecular complexity index is 556. The fourth-order valence-electron chi connectivity index (χ4n) is 2.15. The average Bonchev–Trinajstić information content (AvgIpc) is 2.99. The van der Waals surface area contributed by atoms with Crippen molar-refractivity contribution in [1.29, 1.82) is 0 Å². The van der Waals surface area contributed by atoms with Gasteiger partial charge in [0.25, 0.3) is 0 Å². The lowest BCUT2D eigenvalue weighted by molar-refractivity contribution is 0.249. The summed E-state index contributed by atoms with van der Waals surface area (Å²) < 4.78 is 10.7. The SMILES string of the molecule is Clc1nc(OCc2ccco2)nc(N2CCCCC2)n1. The van der Waals surface area contributed by atoms with Crippen molar-refractivity contribution in [2.45, 2.75) is 25.9 Å². The normalized spacial score (nSPS) is 15.3. The molecule has 1 fully saturated rings. The van der Waals surface area contributed by atoms with Crippen LogP contribution in [0.3, 0.4) is 0 Å². The maximum atomic E-state index is 5.94. The van der Waals surface area contributed by atoms with Crippen molar-refractivity contribution >= 4 is 17.5 Å². The van der Waals surface area contributed by atoms with Gasteiger partial charge >= 0.3 is 6.01 Å². The molecule has 0 bridgehead atoms. The van der Waals surface area contributed by atoms with E-state index < -0.39 is 0 Å². The Kier molecular flexibility index (Phi) is 4.01. The van der Waals surface area contributed by atoms with Crippen LogP contribution in [-0.4, -0.2) is 28.0 Å². The van der Waals surface area contributed by atoms with Gasteiger partial charge in [0.2, 0.25) is 11.2 Å². The maximum absolute atomic E-state index is 5.94. The van der Waals surface area contributed by atoms with E-state index in [0.29, 0.717) is 11.7 Å². The summed E-state index contributed by atoms with van der Waals surface area (Å²) in [6.07, 6.45) is 5.13. The zero-order valence-corrected chi connectivity index (χ0v) is 11.7. The van der Waals surface area contributed by atoms with Gasteiger partial charge < -0.3 is 14.1 Å². The molecule has 1 aliphatic heterocycles. The number of anilines is 1. The standard InChI is InChI=1S/C13H15ClN4O2/c14-11-15-12(18-6-2-1-3-7-18)17-13(16-11)20-9-10-5-4-8-19-10/h4-5,8H,1-3,6-7,9H2. The van der Waals surface area contributed by atoms with Crippen molar-refractivity contribution in [2.24, 2.45) is 0 Å². The van der Waals surface area contributed by atoms with Gasteiger partial charge in [-0.1, -0.05) is 0 Å². The minimum absolute atomic E-state index is 0.148. The third-order valence-corrected chi connectivity index (χ3v) is 3.31. The molecule has 2 aromatic rings. The van der Waals surface area contributed by atoms with Gasteiger partial charge in [-0.05, 0) is 43.0 Å². The molecule has 3 heterocycles. The molecule has 0 amide bonds. The molecule has 106 valence electrons. The molecule has 3 rings (SSSR count). The minimum Gasteiger partial charge on any atom is -0.466 e. The Morgan fingerprint density at radius 3 is 2.80 bits per heavy atom. The number of nitrogens with zero attached hydrogens (tertiary/aromatic N) is 4. The summed E-state index contributed by atoms with van der Waals surface area (Å²) >= 11 is 5.94. The fraction of sp³-hybridized carbons (Fsp3) is 0.462. The Morgan fingerprint density at radius 1 is 1.20 bits per heavy atom. The molecule has 7 heteroatoms. The van der Waals surface area contributed by atoms with Gasteiger partial charge in [-0.3, -0.25) is 0 Å². The van der Waals surface area contributed by atoms with Crippen molar-refractivity contribution in [1.82, 2.24) is 15.0 Å². The molecule has 0 atom stereocenters. The van der Waals surface area contributed by atoms with Gasteiger partial charge in [-0.2, -0.15) is 15.0 Å². The van der Waals surface area contributed by atoms with Crippen molar-refractivity contribution in [2.75, 3.05) is 18.0 Å². The predicted octanol–water partition coefficient (Wildman–Crippen LogP) is 2.69. The number of piperidine rings is 1. The van der Waals surface area contributed by atoms with E-state index in [1.807, 2.05) is 6.07 Å². The first-order valence-electron chi connectivity index (χ1n) is 6.63. The van der Waals surface area contributed by atoms with E-state index in [0.717, 1.165) is 25.9 Å². The lowest BCUT2D eigenvalue weighted by Crippen LogP contribution is -2.31. The molecule has 0 unspecified atom stereocenters. The Hall–Kier alpha value is -1.82. The van der Waals surface area contributed by atoms with Gasteiger partial charge in [0.05, 0.1) is 6.26 Å². The summed E-state index contributed by atoms with van der Waals surface area (Å²) in [5.41, 5.74) is 0. The molecule has 0 N–H and O–H groups in total. The summed E-state index contributed by atoms with van der Waals surface area (Å²) in [5.74, 6) is 1.29. The summed E-state index contributed by atoms with van der Waals surface area (Å²) in [6.45, 7) is 2.16. The van der Waals surface area contributed by atoms with E-state index in [1.165, 1.54) is 6.42 Å². The van der Waals surface area contributed by atoms with Crippen molar-refractivity contribution < 1.29 is 9.15 Å². The third-order valence-electron chi connectivity index (χ3n) is 3.14. The van der Waals surface area contributed by atoms with E-state index in [2.05, 4.69) is 19.9 Å². The molecular formula is C13H15ClN4O2. The van der Waals surface area contributed by atoms with Crippen LogP contribution in [0.4, 0.5) is 5.95 Å². The Balaban J connectivity index is 1.72. The molecule has 0 aromatic carbocycles. The second kappa shape index (κ2) is 6.09. The largest absolute Gasteiger partial charge is 0.466 e. The quantitative estimate of drug-likeness (QED) is 0.864. The molecule has 0 spiro atoms. The number of halogens is 1. The van der Waals surface area contributed by atoms with E-state index in [4.69, 9.17) is 20.8 Å². The summed E-state index contributed by atoms with van der Waals surface area (Å²) in [5, 5.41) is 0.148. The van der Waals surface area contributed by atoms with Gasteiger partial charge in [-0.15, -0.1) is 0 Å². The lowest BCUT2D eigenvalue weighted by Gasteiger charge is -2.26. The van der Waals surface area contributed by atoms with Crippen LogP contribution in [0.15, 0.2) is 22.8 Å². The highest BCUT2D eigenvalue weighted by Gasteiger charge is 2.16. The second-order valence-electron chi connectivity index (χ2n) is 4.60. The van der Waals surface area contributed by atoms with E-state index in [-0.39, 0.29) is 17.9 Å². The first-order valence-corrected chi connectivity index (χ1v) is 7.01. The van der Waals surface area contributed by atoms with E-state index >= 15 is 0 Å². The first kappa shape index (κ1) is 13.2. The van der Waals surface area contributed by atoms with Crippen LogP contribution in [0.1, 0.15) is 25.0 Å². The van der Waals surface area contributed by atoms with Crippen LogP contribution in [0.2, 0.25) is 5.28 Å².